The molecular weight excluding hydrogens is 593 g/mol. The smallest absolute Gasteiger partial charge is 0.136 e. The Hall–Kier alpha value is -6.44. The Morgan fingerprint density at radius 2 is 0.776 bits per heavy atom. The fourth-order valence-electron chi connectivity index (χ4n) is 8.50. The third kappa shape index (κ3) is 3.76. The van der Waals surface area contributed by atoms with E-state index in [1.165, 1.54) is 86.9 Å². The van der Waals surface area contributed by atoms with Crippen molar-refractivity contribution in [3.63, 3.8) is 0 Å². The fraction of sp³-hybridized carbons (Fsp3) is 0. The SMILES string of the molecule is c1ccc2c(-c3c4ccccc4c(-c4ccc5c(c4)c4ccccc4c4cc6oc7ccccc7c6cc54)c4ccccc34)cccc2c1. The molecule has 0 spiro atoms. The molecule has 49 heavy (non-hydrogen) atoms. The van der Waals surface area contributed by atoms with Crippen LogP contribution in [0.4, 0.5) is 0 Å². The van der Waals surface area contributed by atoms with Crippen molar-refractivity contribution < 1.29 is 4.42 Å². The van der Waals surface area contributed by atoms with Crippen molar-refractivity contribution in [2.45, 2.75) is 0 Å². The normalized spacial score (nSPS) is 12.1. The van der Waals surface area contributed by atoms with E-state index in [0.717, 1.165) is 21.9 Å². The topological polar surface area (TPSA) is 13.1 Å². The first-order valence-corrected chi connectivity index (χ1v) is 16.9. The summed E-state index contributed by atoms with van der Waals surface area (Å²) in [6, 6.07) is 62.2. The largest absolute Gasteiger partial charge is 0.456 e. The van der Waals surface area contributed by atoms with Gasteiger partial charge < -0.3 is 4.42 Å². The summed E-state index contributed by atoms with van der Waals surface area (Å²) in [5.41, 5.74) is 6.92. The van der Waals surface area contributed by atoms with E-state index in [9.17, 15) is 0 Å². The Kier molecular flexibility index (Phi) is 5.45. The number of hydrogen-bond donors (Lipinski definition) is 0. The lowest BCUT2D eigenvalue weighted by Crippen LogP contribution is -1.92. The van der Waals surface area contributed by atoms with Crippen LogP contribution in [0, 0.1) is 0 Å². The average molecular weight is 621 g/mol. The Morgan fingerprint density at radius 3 is 1.49 bits per heavy atom. The second kappa shape index (κ2) is 10.0. The molecule has 226 valence electrons. The molecule has 1 heteroatoms. The number of benzene rings is 10. The molecule has 0 saturated carbocycles. The van der Waals surface area contributed by atoms with Gasteiger partial charge in [0.05, 0.1) is 0 Å². The summed E-state index contributed by atoms with van der Waals surface area (Å²) >= 11 is 0. The minimum atomic E-state index is 0.925. The van der Waals surface area contributed by atoms with Gasteiger partial charge >= 0.3 is 0 Å². The lowest BCUT2D eigenvalue weighted by Gasteiger charge is -2.19. The van der Waals surface area contributed by atoms with Crippen molar-refractivity contribution in [1.29, 1.82) is 0 Å². The molecule has 0 aliphatic rings. The second-order valence-electron chi connectivity index (χ2n) is 13.2. The van der Waals surface area contributed by atoms with Crippen LogP contribution >= 0.6 is 0 Å². The molecule has 0 radical (unpaired) electrons. The first kappa shape index (κ1) is 26.6. The molecule has 10 aromatic carbocycles. The summed E-state index contributed by atoms with van der Waals surface area (Å²) in [5, 5.41) is 17.4. The van der Waals surface area contributed by atoms with Crippen LogP contribution in [0.25, 0.3) is 109 Å². The molecule has 1 aromatic heterocycles. The molecule has 1 heterocycles. The molecular formula is C48H28O. The zero-order valence-electron chi connectivity index (χ0n) is 26.6. The van der Waals surface area contributed by atoms with Crippen molar-refractivity contribution in [3.05, 3.63) is 170 Å². The lowest BCUT2D eigenvalue weighted by molar-refractivity contribution is 0.669. The van der Waals surface area contributed by atoms with Crippen molar-refractivity contribution in [2.24, 2.45) is 0 Å². The fourth-order valence-corrected chi connectivity index (χ4v) is 8.50. The van der Waals surface area contributed by atoms with E-state index in [0.29, 0.717) is 0 Å². The third-order valence-electron chi connectivity index (χ3n) is 10.6. The number of furan rings is 1. The van der Waals surface area contributed by atoms with Gasteiger partial charge in [0.2, 0.25) is 0 Å². The van der Waals surface area contributed by atoms with Gasteiger partial charge in [0.25, 0.3) is 0 Å². The first-order valence-electron chi connectivity index (χ1n) is 16.9. The van der Waals surface area contributed by atoms with Crippen LogP contribution < -0.4 is 0 Å². The zero-order valence-corrected chi connectivity index (χ0v) is 26.6. The van der Waals surface area contributed by atoms with Crippen LogP contribution in [0.1, 0.15) is 0 Å². The van der Waals surface area contributed by atoms with Gasteiger partial charge in [0.15, 0.2) is 0 Å². The highest BCUT2D eigenvalue weighted by Crippen LogP contribution is 2.47. The molecule has 0 atom stereocenters. The standard InChI is InChI=1S/C48H28O/c1-2-14-31-29(12-1)13-11-22-36(31)48-39-20-7-5-18-37(39)47(38-19-6-8-21-40(38)48)30-24-25-34-41(26-30)32-15-3-4-16-33(32)43-28-46-44(27-42(34)43)35-17-9-10-23-45(35)49-46/h1-28H. The molecule has 0 aliphatic carbocycles. The minimum Gasteiger partial charge on any atom is -0.456 e. The van der Waals surface area contributed by atoms with E-state index >= 15 is 0 Å². The highest BCUT2D eigenvalue weighted by atomic mass is 16.3. The molecule has 0 saturated heterocycles. The Labute approximate surface area is 282 Å². The summed E-state index contributed by atoms with van der Waals surface area (Å²) in [7, 11) is 0. The van der Waals surface area contributed by atoms with Gasteiger partial charge in [-0.15, -0.1) is 0 Å². The zero-order chi connectivity index (χ0) is 32.1. The van der Waals surface area contributed by atoms with Crippen LogP contribution in [-0.4, -0.2) is 0 Å². The predicted molar refractivity (Wildman–Crippen MR) is 210 cm³/mol. The molecule has 11 aromatic rings. The van der Waals surface area contributed by atoms with Crippen molar-refractivity contribution in [2.75, 3.05) is 0 Å². The molecule has 0 fully saturated rings. The van der Waals surface area contributed by atoms with Crippen LogP contribution in [0.3, 0.4) is 0 Å². The van der Waals surface area contributed by atoms with E-state index in [1.54, 1.807) is 0 Å². The third-order valence-corrected chi connectivity index (χ3v) is 10.6. The molecule has 1 nitrogen and oxygen atoms in total. The minimum absolute atomic E-state index is 0.925. The Bertz CT molecular complexity index is 3100. The Morgan fingerprint density at radius 1 is 0.265 bits per heavy atom. The first-order chi connectivity index (χ1) is 24.3. The van der Waals surface area contributed by atoms with Gasteiger partial charge in [0.1, 0.15) is 11.2 Å². The second-order valence-corrected chi connectivity index (χ2v) is 13.2. The number of rotatable bonds is 2. The predicted octanol–water partition coefficient (Wildman–Crippen LogP) is 13.8. The van der Waals surface area contributed by atoms with Crippen molar-refractivity contribution >= 4 is 86.6 Å². The van der Waals surface area contributed by atoms with Crippen LogP contribution in [0.5, 0.6) is 0 Å². The quantitative estimate of drug-likeness (QED) is 0.138. The molecule has 11 rings (SSSR count). The summed E-state index contributed by atoms with van der Waals surface area (Å²) in [6.07, 6.45) is 0. The van der Waals surface area contributed by atoms with Gasteiger partial charge in [-0.25, -0.2) is 0 Å². The summed E-state index contributed by atoms with van der Waals surface area (Å²) < 4.78 is 6.35. The molecule has 0 N–H and O–H groups in total. The van der Waals surface area contributed by atoms with Crippen molar-refractivity contribution in [3.8, 4) is 22.3 Å². The van der Waals surface area contributed by atoms with Gasteiger partial charge in [-0.2, -0.15) is 0 Å². The van der Waals surface area contributed by atoms with Crippen LogP contribution in [0.15, 0.2) is 174 Å². The molecule has 0 amide bonds. The number of hydrogen-bond acceptors (Lipinski definition) is 1. The van der Waals surface area contributed by atoms with E-state index in [2.05, 4.69) is 164 Å². The highest BCUT2D eigenvalue weighted by Gasteiger charge is 2.19. The number of fused-ring (bicyclic) bond motifs is 12. The van der Waals surface area contributed by atoms with Gasteiger partial charge in [-0.1, -0.05) is 146 Å². The summed E-state index contributed by atoms with van der Waals surface area (Å²) in [4.78, 5) is 0. The van der Waals surface area contributed by atoms with E-state index in [-0.39, 0.29) is 0 Å². The maximum absolute atomic E-state index is 6.35. The van der Waals surface area contributed by atoms with Crippen LogP contribution in [-0.2, 0) is 0 Å². The van der Waals surface area contributed by atoms with Gasteiger partial charge in [0, 0.05) is 10.8 Å². The van der Waals surface area contributed by atoms with Crippen molar-refractivity contribution in [1.82, 2.24) is 0 Å². The monoisotopic (exact) mass is 620 g/mol. The van der Waals surface area contributed by atoms with E-state index in [4.69, 9.17) is 4.42 Å². The summed E-state index contributed by atoms with van der Waals surface area (Å²) in [5.74, 6) is 0. The van der Waals surface area contributed by atoms with Gasteiger partial charge in [-0.05, 0) is 111 Å². The van der Waals surface area contributed by atoms with Gasteiger partial charge in [-0.3, -0.25) is 0 Å². The maximum atomic E-state index is 6.35. The number of para-hydroxylation sites is 1. The van der Waals surface area contributed by atoms with E-state index in [1.807, 2.05) is 6.07 Å². The van der Waals surface area contributed by atoms with Crippen LogP contribution in [0.2, 0.25) is 0 Å². The maximum Gasteiger partial charge on any atom is 0.136 e. The van der Waals surface area contributed by atoms with E-state index < -0.39 is 0 Å². The molecule has 0 bridgehead atoms. The molecule has 0 unspecified atom stereocenters. The molecule has 0 aliphatic heterocycles. The lowest BCUT2D eigenvalue weighted by atomic mass is 9.84. The Balaban J connectivity index is 1.25. The summed E-state index contributed by atoms with van der Waals surface area (Å²) in [6.45, 7) is 0. The average Bonchev–Trinajstić information content (AvgIpc) is 3.53. The highest BCUT2D eigenvalue weighted by molar-refractivity contribution is 6.30.